The molecule has 0 saturated heterocycles. The van der Waals surface area contributed by atoms with Gasteiger partial charge in [0.25, 0.3) is 0 Å². The third-order valence-electron chi connectivity index (χ3n) is 1.00. The smallest absolute Gasteiger partial charge is 0.248 e. The molecule has 0 aliphatic carbocycles. The van der Waals surface area contributed by atoms with Gasteiger partial charge in [-0.1, -0.05) is 0 Å². The minimum absolute atomic E-state index is 0.00352. The molecule has 0 fully saturated rings. The zero-order chi connectivity index (χ0) is 6.85. The number of nitrogens with one attached hydrogen (secondary N) is 1. The quantitative estimate of drug-likeness (QED) is 0.492. The molecule has 0 radical (unpaired) electrons. The summed E-state index contributed by atoms with van der Waals surface area (Å²) in [6, 6.07) is 0. The van der Waals surface area contributed by atoms with Crippen LogP contribution in [0.3, 0.4) is 0 Å². The summed E-state index contributed by atoms with van der Waals surface area (Å²) < 4.78 is 4.62. The van der Waals surface area contributed by atoms with E-state index in [1.54, 1.807) is 0 Å². The van der Waals surface area contributed by atoms with Crippen LogP contribution in [0.4, 0.5) is 0 Å². The van der Waals surface area contributed by atoms with Gasteiger partial charge in [0.15, 0.2) is 0 Å². The molecular formula is C5H6N2O2. The maximum absolute atomic E-state index is 10.3. The van der Waals surface area contributed by atoms with Crippen molar-refractivity contribution in [2.24, 2.45) is 5.73 Å². The van der Waals surface area contributed by atoms with Crippen molar-refractivity contribution in [1.29, 1.82) is 5.41 Å². The number of carbonyl (C=O) groups is 1. The fourth-order valence-electron chi connectivity index (χ4n) is 0.539. The Morgan fingerprint density at radius 1 is 1.89 bits per heavy atom. The minimum Gasteiger partial charge on any atom is -0.473 e. The summed E-state index contributed by atoms with van der Waals surface area (Å²) in [5, 5.41) is 6.87. The number of hydrogen-bond acceptors (Lipinski definition) is 3. The summed E-state index contributed by atoms with van der Waals surface area (Å²) >= 11 is 0. The van der Waals surface area contributed by atoms with Crippen molar-refractivity contribution in [3.63, 3.8) is 0 Å². The van der Waals surface area contributed by atoms with E-state index < -0.39 is 5.91 Å². The van der Waals surface area contributed by atoms with Gasteiger partial charge in [0.1, 0.15) is 6.61 Å². The standard InChI is InChI=1S/C5H6N2O2/c6-4-1-3(2-9-4)5(7)8/h1,6H,2H2,(H2,7,8). The maximum atomic E-state index is 10.3. The third-order valence-corrected chi connectivity index (χ3v) is 1.00. The van der Waals surface area contributed by atoms with Gasteiger partial charge in [-0.15, -0.1) is 0 Å². The highest BCUT2D eigenvalue weighted by molar-refractivity contribution is 6.02. The van der Waals surface area contributed by atoms with Crippen molar-refractivity contribution in [2.75, 3.05) is 6.61 Å². The first kappa shape index (κ1) is 5.81. The molecule has 0 spiro atoms. The van der Waals surface area contributed by atoms with Crippen LogP contribution >= 0.6 is 0 Å². The van der Waals surface area contributed by atoms with Crippen molar-refractivity contribution in [1.82, 2.24) is 0 Å². The van der Waals surface area contributed by atoms with Crippen LogP contribution in [-0.2, 0) is 9.53 Å². The van der Waals surface area contributed by atoms with Crippen LogP contribution in [0.2, 0.25) is 0 Å². The molecule has 9 heavy (non-hydrogen) atoms. The molecular weight excluding hydrogens is 120 g/mol. The lowest BCUT2D eigenvalue weighted by atomic mass is 10.3. The van der Waals surface area contributed by atoms with E-state index in [1.165, 1.54) is 6.08 Å². The van der Waals surface area contributed by atoms with Gasteiger partial charge >= 0.3 is 0 Å². The minimum atomic E-state index is -0.516. The average Bonchev–Trinajstić information content (AvgIpc) is 2.14. The van der Waals surface area contributed by atoms with Crippen LogP contribution < -0.4 is 5.73 Å². The average molecular weight is 126 g/mol. The second-order valence-electron chi connectivity index (χ2n) is 1.69. The van der Waals surface area contributed by atoms with E-state index in [2.05, 4.69) is 4.74 Å². The van der Waals surface area contributed by atoms with E-state index in [4.69, 9.17) is 11.1 Å². The number of ether oxygens (including phenoxy) is 1. The first-order valence-corrected chi connectivity index (χ1v) is 2.42. The normalized spacial score (nSPS) is 16.9. The molecule has 48 valence electrons. The van der Waals surface area contributed by atoms with Gasteiger partial charge in [-0.25, -0.2) is 0 Å². The van der Waals surface area contributed by atoms with Gasteiger partial charge < -0.3 is 10.5 Å². The highest BCUT2D eigenvalue weighted by Crippen LogP contribution is 2.03. The molecule has 0 aromatic rings. The largest absolute Gasteiger partial charge is 0.473 e. The molecule has 1 amide bonds. The van der Waals surface area contributed by atoms with Gasteiger partial charge in [0, 0.05) is 6.08 Å². The van der Waals surface area contributed by atoms with Gasteiger partial charge in [-0.2, -0.15) is 0 Å². The van der Waals surface area contributed by atoms with Gasteiger partial charge in [0.05, 0.1) is 5.57 Å². The van der Waals surface area contributed by atoms with Crippen molar-refractivity contribution in [2.45, 2.75) is 0 Å². The van der Waals surface area contributed by atoms with Gasteiger partial charge in [-0.3, -0.25) is 10.2 Å². The Hall–Kier alpha value is -1.32. The monoisotopic (exact) mass is 126 g/mol. The van der Waals surface area contributed by atoms with Crippen molar-refractivity contribution < 1.29 is 9.53 Å². The maximum Gasteiger partial charge on any atom is 0.248 e. The predicted octanol–water partition coefficient (Wildman–Crippen LogP) is -0.594. The number of nitrogens with two attached hydrogens (primary N) is 1. The molecule has 0 unspecified atom stereocenters. The zero-order valence-electron chi connectivity index (χ0n) is 4.68. The van der Waals surface area contributed by atoms with Crippen LogP contribution in [0, 0.1) is 5.41 Å². The van der Waals surface area contributed by atoms with E-state index in [0.717, 1.165) is 0 Å². The van der Waals surface area contributed by atoms with Crippen molar-refractivity contribution >= 4 is 11.8 Å². The summed E-state index contributed by atoms with van der Waals surface area (Å²) in [6.07, 6.45) is 1.32. The molecule has 1 rings (SSSR count). The molecule has 0 atom stereocenters. The van der Waals surface area contributed by atoms with E-state index in [9.17, 15) is 4.79 Å². The summed E-state index contributed by atoms with van der Waals surface area (Å²) in [6.45, 7) is 0.147. The lowest BCUT2D eigenvalue weighted by Crippen LogP contribution is -2.14. The van der Waals surface area contributed by atoms with Gasteiger partial charge in [-0.05, 0) is 0 Å². The number of rotatable bonds is 1. The molecule has 0 aromatic heterocycles. The SMILES string of the molecule is N=C1C=C(C(N)=O)CO1. The molecule has 1 heterocycles. The summed E-state index contributed by atoms with van der Waals surface area (Å²) in [5.41, 5.74) is 5.24. The third kappa shape index (κ3) is 1.07. The molecule has 0 saturated carbocycles. The Labute approximate surface area is 51.8 Å². The molecule has 3 N–H and O–H groups in total. The molecule has 1 aliphatic heterocycles. The molecule has 4 nitrogen and oxygen atoms in total. The fraction of sp³-hybridized carbons (Fsp3) is 0.200. The second kappa shape index (κ2) is 1.89. The van der Waals surface area contributed by atoms with Crippen LogP contribution in [0.25, 0.3) is 0 Å². The summed E-state index contributed by atoms with van der Waals surface area (Å²) in [4.78, 5) is 10.3. The van der Waals surface area contributed by atoms with Crippen LogP contribution in [0.15, 0.2) is 11.6 Å². The van der Waals surface area contributed by atoms with Gasteiger partial charge in [0.2, 0.25) is 11.8 Å². The first-order valence-electron chi connectivity index (χ1n) is 2.42. The van der Waals surface area contributed by atoms with Crippen molar-refractivity contribution in [3.05, 3.63) is 11.6 Å². The van der Waals surface area contributed by atoms with E-state index in [-0.39, 0.29) is 12.5 Å². The number of carbonyl (C=O) groups excluding carboxylic acids is 1. The molecule has 0 aromatic carbocycles. The lowest BCUT2D eigenvalue weighted by Gasteiger charge is -1.90. The van der Waals surface area contributed by atoms with E-state index in [1.807, 2.05) is 0 Å². The Bertz CT molecular complexity index is 195. The summed E-state index contributed by atoms with van der Waals surface area (Å²) in [5.74, 6) is -0.513. The topological polar surface area (TPSA) is 76.2 Å². The molecule has 1 aliphatic rings. The molecule has 0 bridgehead atoms. The van der Waals surface area contributed by atoms with Crippen LogP contribution in [-0.4, -0.2) is 18.4 Å². The zero-order valence-corrected chi connectivity index (χ0v) is 4.68. The first-order chi connectivity index (χ1) is 4.20. The van der Waals surface area contributed by atoms with Crippen LogP contribution in [0.5, 0.6) is 0 Å². The predicted molar refractivity (Wildman–Crippen MR) is 31.0 cm³/mol. The highest BCUT2D eigenvalue weighted by Gasteiger charge is 2.13. The fourth-order valence-corrected chi connectivity index (χ4v) is 0.539. The number of hydrogen-bond donors (Lipinski definition) is 2. The van der Waals surface area contributed by atoms with Crippen molar-refractivity contribution in [3.8, 4) is 0 Å². The number of amides is 1. The summed E-state index contributed by atoms with van der Waals surface area (Å²) in [7, 11) is 0. The Kier molecular flexibility index (Phi) is 1.22. The van der Waals surface area contributed by atoms with E-state index in [0.29, 0.717) is 5.57 Å². The van der Waals surface area contributed by atoms with E-state index >= 15 is 0 Å². The lowest BCUT2D eigenvalue weighted by molar-refractivity contribution is -0.114. The second-order valence-corrected chi connectivity index (χ2v) is 1.69. The Morgan fingerprint density at radius 2 is 2.56 bits per heavy atom. The number of primary amides is 1. The Balaban J connectivity index is 2.74. The molecule has 4 heteroatoms. The highest BCUT2D eigenvalue weighted by atomic mass is 16.5. The Morgan fingerprint density at radius 3 is 2.78 bits per heavy atom. The van der Waals surface area contributed by atoms with Crippen LogP contribution in [0.1, 0.15) is 0 Å².